The summed E-state index contributed by atoms with van der Waals surface area (Å²) in [4.78, 5) is 10.4. The highest BCUT2D eigenvalue weighted by atomic mass is 127. The van der Waals surface area contributed by atoms with Crippen molar-refractivity contribution in [3.63, 3.8) is 0 Å². The number of thioether (sulfide) groups is 1. The first-order chi connectivity index (χ1) is 5.00. The van der Waals surface area contributed by atoms with Crippen LogP contribution in [0.1, 0.15) is 0 Å². The van der Waals surface area contributed by atoms with Gasteiger partial charge < -0.3 is 5.11 Å². The van der Waals surface area contributed by atoms with Gasteiger partial charge in [-0.1, -0.05) is 11.6 Å². The maximum Gasteiger partial charge on any atom is 0.340 e. The first-order valence-corrected chi connectivity index (χ1v) is 5.10. The van der Waals surface area contributed by atoms with Crippen molar-refractivity contribution in [2.75, 3.05) is 6.26 Å². The molecule has 0 atom stereocenters. The number of aliphatic carboxylic acids is 1. The predicted molar refractivity (Wildman–Crippen MR) is 55.8 cm³/mol. The van der Waals surface area contributed by atoms with E-state index in [2.05, 4.69) is 0 Å². The molecule has 2 N–H and O–H groups in total. The Labute approximate surface area is 86.8 Å². The number of carboxylic acid groups (broad SMARTS) is 1. The average Bonchev–Trinajstić information content (AvgIpc) is 1.85. The fraction of sp³-hybridized carbons (Fsp3) is 0.200. The summed E-state index contributed by atoms with van der Waals surface area (Å²) in [5.41, 5.74) is -0.139. The molecule has 0 saturated carbocycles. The van der Waals surface area contributed by atoms with Gasteiger partial charge in [0.1, 0.15) is 10.7 Å². The Morgan fingerprint density at radius 2 is 2.18 bits per heavy atom. The lowest BCUT2D eigenvalue weighted by atomic mass is 10.3. The Hall–Kier alpha value is 0.250. The third-order valence-electron chi connectivity index (χ3n) is 0.809. The van der Waals surface area contributed by atoms with Crippen LogP contribution in [-0.4, -0.2) is 22.5 Å². The Bertz CT molecular complexity index is 213. The van der Waals surface area contributed by atoms with Gasteiger partial charge in [0.2, 0.25) is 0 Å². The Morgan fingerprint density at radius 3 is 2.27 bits per heavy atom. The molecule has 0 saturated heterocycles. The number of hydrogen-bond acceptors (Lipinski definition) is 3. The summed E-state index contributed by atoms with van der Waals surface area (Å²) < 4.78 is 0.509. The molecule has 0 aliphatic carbocycles. The fourth-order valence-electron chi connectivity index (χ4n) is 0.366. The van der Waals surface area contributed by atoms with E-state index in [1.54, 1.807) is 6.26 Å². The highest BCUT2D eigenvalue weighted by Crippen LogP contribution is 2.25. The predicted octanol–water partition coefficient (Wildman–Crippen LogP) is 2.30. The molecule has 0 aliphatic heterocycles. The van der Waals surface area contributed by atoms with E-state index in [1.165, 1.54) is 11.8 Å². The smallest absolute Gasteiger partial charge is 0.340 e. The summed E-state index contributed by atoms with van der Waals surface area (Å²) in [5.74, 6) is -1.16. The first-order valence-electron chi connectivity index (χ1n) is 2.42. The van der Waals surface area contributed by atoms with Crippen LogP contribution in [0.4, 0.5) is 0 Å². The van der Waals surface area contributed by atoms with E-state index in [-0.39, 0.29) is 5.57 Å². The molecule has 0 radical (unpaired) electrons. The van der Waals surface area contributed by atoms with Crippen LogP contribution in [0.3, 0.4) is 0 Å². The molecule has 0 aromatic carbocycles. The van der Waals surface area contributed by atoms with Crippen molar-refractivity contribution < 1.29 is 9.90 Å². The standard InChI is InChI=1S/C5H5ClINO2S/c1-11-4(7)2(3(6)8)5(9)10/h8H,1H3,(H,9,10)/b4-2+,8-3?. The van der Waals surface area contributed by atoms with Gasteiger partial charge in [0, 0.05) is 0 Å². The molecule has 0 aromatic heterocycles. The summed E-state index contributed by atoms with van der Waals surface area (Å²) in [6.07, 6.45) is 1.73. The molecule has 0 fully saturated rings. The number of rotatable bonds is 3. The SMILES string of the molecule is CS/C(I)=C(\C(=N)Cl)C(=O)O. The number of carbonyl (C=O) groups is 1. The van der Waals surface area contributed by atoms with Crippen molar-refractivity contribution in [1.29, 1.82) is 5.41 Å². The van der Waals surface area contributed by atoms with Gasteiger partial charge in [-0.2, -0.15) is 0 Å². The quantitative estimate of drug-likeness (QED) is 0.478. The number of carboxylic acids is 1. The summed E-state index contributed by atoms with van der Waals surface area (Å²) in [6.45, 7) is 0. The second-order valence-electron chi connectivity index (χ2n) is 1.47. The molecule has 62 valence electrons. The van der Waals surface area contributed by atoms with E-state index in [0.29, 0.717) is 2.91 Å². The summed E-state index contributed by atoms with van der Waals surface area (Å²) in [7, 11) is 0. The van der Waals surface area contributed by atoms with E-state index in [1.807, 2.05) is 22.6 Å². The lowest BCUT2D eigenvalue weighted by Crippen LogP contribution is -2.07. The average molecular weight is 306 g/mol. The van der Waals surface area contributed by atoms with Gasteiger partial charge in [-0.05, 0) is 28.8 Å². The largest absolute Gasteiger partial charge is 0.478 e. The number of halogens is 2. The van der Waals surface area contributed by atoms with Crippen LogP contribution in [0.25, 0.3) is 0 Å². The zero-order chi connectivity index (χ0) is 9.02. The molecular weight excluding hydrogens is 300 g/mol. The molecule has 3 nitrogen and oxygen atoms in total. The third kappa shape index (κ3) is 3.44. The Kier molecular flexibility index (Phi) is 5.11. The van der Waals surface area contributed by atoms with Crippen molar-refractivity contribution in [3.05, 3.63) is 8.48 Å². The van der Waals surface area contributed by atoms with Gasteiger partial charge in [-0.15, -0.1) is 11.8 Å². The normalized spacial score (nSPS) is 12.3. The molecule has 11 heavy (non-hydrogen) atoms. The van der Waals surface area contributed by atoms with Gasteiger partial charge in [0.15, 0.2) is 0 Å². The Morgan fingerprint density at radius 1 is 1.73 bits per heavy atom. The summed E-state index contributed by atoms with van der Waals surface area (Å²) in [5, 5.41) is 15.0. The molecule has 0 amide bonds. The molecular formula is C5H5ClINO2S. The highest BCUT2D eigenvalue weighted by Gasteiger charge is 2.15. The first kappa shape index (κ1) is 11.2. The lowest BCUT2D eigenvalue weighted by Gasteiger charge is -1.99. The van der Waals surface area contributed by atoms with Gasteiger partial charge in [0.25, 0.3) is 0 Å². The minimum Gasteiger partial charge on any atom is -0.478 e. The van der Waals surface area contributed by atoms with Gasteiger partial charge >= 0.3 is 5.97 Å². The van der Waals surface area contributed by atoms with Crippen LogP contribution >= 0.6 is 46.0 Å². The van der Waals surface area contributed by atoms with Crippen LogP contribution < -0.4 is 0 Å². The molecule has 0 spiro atoms. The highest BCUT2D eigenvalue weighted by molar-refractivity contribution is 14.1. The van der Waals surface area contributed by atoms with Crippen molar-refractivity contribution in [2.24, 2.45) is 0 Å². The van der Waals surface area contributed by atoms with Crippen molar-refractivity contribution in [3.8, 4) is 0 Å². The van der Waals surface area contributed by atoms with Crippen LogP contribution in [0.5, 0.6) is 0 Å². The van der Waals surface area contributed by atoms with Crippen LogP contribution in [0.15, 0.2) is 8.48 Å². The number of hydrogen-bond donors (Lipinski definition) is 2. The molecule has 0 bridgehead atoms. The number of nitrogens with one attached hydrogen (secondary N) is 1. The van der Waals surface area contributed by atoms with Gasteiger partial charge in [-0.25, -0.2) is 4.79 Å². The minimum absolute atomic E-state index is 0.139. The van der Waals surface area contributed by atoms with E-state index in [0.717, 1.165) is 0 Å². The van der Waals surface area contributed by atoms with Crippen LogP contribution in [0, 0.1) is 5.41 Å². The second-order valence-corrected chi connectivity index (χ2v) is 4.48. The van der Waals surface area contributed by atoms with Crippen molar-refractivity contribution in [1.82, 2.24) is 0 Å². The third-order valence-corrected chi connectivity index (χ3v) is 3.42. The second kappa shape index (κ2) is 5.00. The van der Waals surface area contributed by atoms with E-state index in [4.69, 9.17) is 22.1 Å². The zero-order valence-electron chi connectivity index (χ0n) is 5.52. The fourth-order valence-corrected chi connectivity index (χ4v) is 1.65. The minimum atomic E-state index is -1.16. The van der Waals surface area contributed by atoms with Crippen molar-refractivity contribution >= 4 is 57.1 Å². The Balaban J connectivity index is 4.88. The van der Waals surface area contributed by atoms with Gasteiger partial charge in [-0.3, -0.25) is 5.41 Å². The topological polar surface area (TPSA) is 61.2 Å². The molecule has 0 aliphatic rings. The molecule has 0 heterocycles. The summed E-state index contributed by atoms with van der Waals surface area (Å²) in [6, 6.07) is 0. The monoisotopic (exact) mass is 305 g/mol. The van der Waals surface area contributed by atoms with E-state index < -0.39 is 11.1 Å². The maximum atomic E-state index is 10.4. The van der Waals surface area contributed by atoms with E-state index >= 15 is 0 Å². The lowest BCUT2D eigenvalue weighted by molar-refractivity contribution is -0.132. The zero-order valence-corrected chi connectivity index (χ0v) is 9.25. The van der Waals surface area contributed by atoms with Crippen LogP contribution in [0.2, 0.25) is 0 Å². The molecule has 0 aromatic rings. The summed E-state index contributed by atoms with van der Waals surface area (Å²) >= 11 is 8.32. The van der Waals surface area contributed by atoms with E-state index in [9.17, 15) is 4.79 Å². The van der Waals surface area contributed by atoms with Gasteiger partial charge in [0.05, 0.1) is 2.91 Å². The molecule has 0 unspecified atom stereocenters. The molecule has 6 heteroatoms. The van der Waals surface area contributed by atoms with Crippen molar-refractivity contribution in [2.45, 2.75) is 0 Å². The van der Waals surface area contributed by atoms with Crippen LogP contribution in [-0.2, 0) is 4.79 Å². The molecule has 0 rings (SSSR count). The maximum absolute atomic E-state index is 10.4.